The Bertz CT molecular complexity index is 601. The summed E-state index contributed by atoms with van der Waals surface area (Å²) in [6, 6.07) is 7.57. The molecule has 3 nitrogen and oxygen atoms in total. The van der Waals surface area contributed by atoms with E-state index in [0.717, 1.165) is 19.3 Å². The number of carbonyl (C=O) groups is 1. The number of nitrogens with one attached hydrogen (secondary N) is 1. The van der Waals surface area contributed by atoms with Gasteiger partial charge in [-0.1, -0.05) is 0 Å². The van der Waals surface area contributed by atoms with Gasteiger partial charge in [0.25, 0.3) is 5.91 Å². The maximum atomic E-state index is 12.0. The van der Waals surface area contributed by atoms with Gasteiger partial charge in [0.2, 0.25) is 0 Å². The number of pyridine rings is 1. The van der Waals surface area contributed by atoms with Crippen LogP contribution in [0.4, 0.5) is 5.69 Å². The fourth-order valence-corrected chi connectivity index (χ4v) is 2.86. The predicted molar refractivity (Wildman–Crippen MR) is 83.8 cm³/mol. The maximum Gasteiger partial charge on any atom is 0.257 e. The van der Waals surface area contributed by atoms with Crippen molar-refractivity contribution in [1.82, 2.24) is 4.98 Å². The van der Waals surface area contributed by atoms with Gasteiger partial charge in [0.1, 0.15) is 0 Å². The zero-order valence-electron chi connectivity index (χ0n) is 9.58. The lowest BCUT2D eigenvalue weighted by Gasteiger charge is -2.08. The van der Waals surface area contributed by atoms with Gasteiger partial charge in [-0.3, -0.25) is 9.78 Å². The van der Waals surface area contributed by atoms with Crippen molar-refractivity contribution in [3.05, 3.63) is 55.8 Å². The maximum absolute atomic E-state index is 12.0. The first-order valence-electron chi connectivity index (χ1n) is 5.24. The Hall–Kier alpha value is -0.950. The first-order valence-corrected chi connectivity index (χ1v) is 7.11. The second-order valence-corrected chi connectivity index (χ2v) is 5.93. The molecule has 1 amide bonds. The normalized spacial score (nSPS) is 10.2. The molecule has 0 aliphatic carbocycles. The van der Waals surface area contributed by atoms with Crippen molar-refractivity contribution in [3.63, 3.8) is 0 Å². The molecule has 0 bridgehead atoms. The van der Waals surface area contributed by atoms with Gasteiger partial charge in [-0.05, 0) is 75.3 Å². The molecule has 1 aromatic heterocycles. The van der Waals surface area contributed by atoms with Crippen LogP contribution < -0.4 is 5.32 Å². The first-order chi connectivity index (χ1) is 8.56. The van der Waals surface area contributed by atoms with Crippen molar-refractivity contribution in [1.29, 1.82) is 0 Å². The summed E-state index contributed by atoms with van der Waals surface area (Å²) < 4.78 is 1.97. The number of halogens is 2. The summed E-state index contributed by atoms with van der Waals surface area (Å²) in [6.45, 7) is 1.91. The number of carbonyl (C=O) groups excluding carboxylic acids is 1. The van der Waals surface area contributed by atoms with Gasteiger partial charge < -0.3 is 5.32 Å². The van der Waals surface area contributed by atoms with Crippen LogP contribution in [0.25, 0.3) is 0 Å². The van der Waals surface area contributed by atoms with Gasteiger partial charge in [0.15, 0.2) is 0 Å². The summed E-state index contributed by atoms with van der Waals surface area (Å²) >= 11 is 5.65. The molecule has 5 heteroatoms. The number of anilines is 1. The SMILES string of the molecule is Cc1cncc(C(=O)Nc2ccc(I)cc2Br)c1. The quantitative estimate of drug-likeness (QED) is 0.751. The van der Waals surface area contributed by atoms with Gasteiger partial charge in [-0.15, -0.1) is 0 Å². The molecule has 92 valence electrons. The Labute approximate surface area is 127 Å². The number of rotatable bonds is 2. The third-order valence-electron chi connectivity index (χ3n) is 2.32. The second-order valence-electron chi connectivity index (χ2n) is 3.83. The summed E-state index contributed by atoms with van der Waals surface area (Å²) in [5, 5.41) is 2.85. The Morgan fingerprint density at radius 3 is 2.78 bits per heavy atom. The molecule has 0 fully saturated rings. The van der Waals surface area contributed by atoms with Gasteiger partial charge in [-0.2, -0.15) is 0 Å². The second kappa shape index (κ2) is 5.79. The van der Waals surface area contributed by atoms with E-state index in [9.17, 15) is 4.79 Å². The average molecular weight is 417 g/mol. The Balaban J connectivity index is 2.21. The summed E-state index contributed by atoms with van der Waals surface area (Å²) in [4.78, 5) is 16.0. The van der Waals surface area contributed by atoms with E-state index in [1.165, 1.54) is 0 Å². The molecule has 0 aliphatic heterocycles. The third kappa shape index (κ3) is 3.29. The van der Waals surface area contributed by atoms with E-state index in [0.29, 0.717) is 5.56 Å². The summed E-state index contributed by atoms with van der Waals surface area (Å²) in [5.74, 6) is -0.159. The van der Waals surface area contributed by atoms with Crippen LogP contribution in [0.3, 0.4) is 0 Å². The summed E-state index contributed by atoms with van der Waals surface area (Å²) in [7, 11) is 0. The third-order valence-corrected chi connectivity index (χ3v) is 3.64. The monoisotopic (exact) mass is 416 g/mol. The molecule has 1 heterocycles. The molecule has 0 saturated heterocycles. The minimum atomic E-state index is -0.159. The largest absolute Gasteiger partial charge is 0.321 e. The number of hydrogen-bond acceptors (Lipinski definition) is 2. The first kappa shape index (κ1) is 13.5. The molecule has 2 aromatic rings. The minimum absolute atomic E-state index is 0.159. The summed E-state index contributed by atoms with van der Waals surface area (Å²) in [6.07, 6.45) is 3.28. The number of hydrogen-bond donors (Lipinski definition) is 1. The van der Waals surface area contributed by atoms with Crippen molar-refractivity contribution >= 4 is 50.1 Å². The highest BCUT2D eigenvalue weighted by Crippen LogP contribution is 2.24. The van der Waals surface area contributed by atoms with Gasteiger partial charge in [0, 0.05) is 20.4 Å². The van der Waals surface area contributed by atoms with Gasteiger partial charge >= 0.3 is 0 Å². The van der Waals surface area contributed by atoms with Crippen molar-refractivity contribution in [2.24, 2.45) is 0 Å². The standard InChI is InChI=1S/C13H10BrIN2O/c1-8-4-9(7-16-6-8)13(18)17-12-3-2-10(15)5-11(12)14/h2-7H,1H3,(H,17,18). The van der Waals surface area contributed by atoms with E-state index >= 15 is 0 Å². The Kier molecular flexibility index (Phi) is 4.34. The molecule has 0 unspecified atom stereocenters. The van der Waals surface area contributed by atoms with Crippen LogP contribution in [0.1, 0.15) is 15.9 Å². The van der Waals surface area contributed by atoms with Crippen molar-refractivity contribution in [2.75, 3.05) is 5.32 Å². The van der Waals surface area contributed by atoms with E-state index in [1.807, 2.05) is 31.2 Å². The highest BCUT2D eigenvalue weighted by atomic mass is 127. The van der Waals surface area contributed by atoms with Crippen LogP contribution in [-0.2, 0) is 0 Å². The molecule has 0 spiro atoms. The minimum Gasteiger partial charge on any atom is -0.321 e. The number of nitrogens with zero attached hydrogens (tertiary/aromatic N) is 1. The predicted octanol–water partition coefficient (Wildman–Crippen LogP) is 4.01. The van der Waals surface area contributed by atoms with E-state index in [-0.39, 0.29) is 5.91 Å². The fraction of sp³-hybridized carbons (Fsp3) is 0.0769. The van der Waals surface area contributed by atoms with E-state index < -0.39 is 0 Å². The molecule has 2 rings (SSSR count). The smallest absolute Gasteiger partial charge is 0.257 e. The van der Waals surface area contributed by atoms with Crippen molar-refractivity contribution in [2.45, 2.75) is 6.92 Å². The molecule has 0 radical (unpaired) electrons. The fourth-order valence-electron chi connectivity index (χ4n) is 1.46. The Morgan fingerprint density at radius 2 is 2.11 bits per heavy atom. The highest BCUT2D eigenvalue weighted by Gasteiger charge is 2.08. The lowest BCUT2D eigenvalue weighted by molar-refractivity contribution is 0.102. The lowest BCUT2D eigenvalue weighted by atomic mass is 10.2. The van der Waals surface area contributed by atoms with Crippen LogP contribution in [-0.4, -0.2) is 10.9 Å². The number of aryl methyl sites for hydroxylation is 1. The Morgan fingerprint density at radius 1 is 1.33 bits per heavy atom. The van der Waals surface area contributed by atoms with Crippen LogP contribution in [0, 0.1) is 10.5 Å². The van der Waals surface area contributed by atoms with Crippen molar-refractivity contribution < 1.29 is 4.79 Å². The molecule has 1 N–H and O–H groups in total. The van der Waals surface area contributed by atoms with Crippen LogP contribution in [0.2, 0.25) is 0 Å². The molecule has 18 heavy (non-hydrogen) atoms. The van der Waals surface area contributed by atoms with Gasteiger partial charge in [0.05, 0.1) is 11.3 Å². The van der Waals surface area contributed by atoms with Crippen LogP contribution in [0.15, 0.2) is 41.1 Å². The highest BCUT2D eigenvalue weighted by molar-refractivity contribution is 14.1. The van der Waals surface area contributed by atoms with E-state index in [2.05, 4.69) is 48.8 Å². The molecular weight excluding hydrogens is 407 g/mol. The van der Waals surface area contributed by atoms with Gasteiger partial charge in [-0.25, -0.2) is 0 Å². The molecule has 0 atom stereocenters. The number of aromatic nitrogens is 1. The number of amides is 1. The average Bonchev–Trinajstić information content (AvgIpc) is 2.32. The zero-order chi connectivity index (χ0) is 13.1. The molecule has 0 saturated carbocycles. The topological polar surface area (TPSA) is 42.0 Å². The zero-order valence-corrected chi connectivity index (χ0v) is 13.3. The van der Waals surface area contributed by atoms with E-state index in [4.69, 9.17) is 0 Å². The molecule has 0 aliphatic rings. The van der Waals surface area contributed by atoms with Crippen LogP contribution >= 0.6 is 38.5 Å². The summed E-state index contributed by atoms with van der Waals surface area (Å²) in [5.41, 5.74) is 2.27. The van der Waals surface area contributed by atoms with E-state index in [1.54, 1.807) is 12.4 Å². The molecule has 1 aromatic carbocycles. The lowest BCUT2D eigenvalue weighted by Crippen LogP contribution is -2.12. The van der Waals surface area contributed by atoms with Crippen LogP contribution in [0.5, 0.6) is 0 Å². The molecular formula is C13H10BrIN2O. The van der Waals surface area contributed by atoms with Crippen molar-refractivity contribution in [3.8, 4) is 0 Å². The number of benzene rings is 1.